The quantitative estimate of drug-likeness (QED) is 0.710. The highest BCUT2D eigenvalue weighted by Gasteiger charge is 2.40. The van der Waals surface area contributed by atoms with Gasteiger partial charge in [-0.2, -0.15) is 0 Å². The van der Waals surface area contributed by atoms with Crippen molar-refractivity contribution in [3.63, 3.8) is 0 Å². The standard InChI is InChI=1S/C8H20O4Si3/c1-7-14(5,9)11-13(3,4)12-15(6,10)8-2/h7-10H,1-2H2,3-6H3. The third kappa shape index (κ3) is 6.20. The van der Waals surface area contributed by atoms with Crippen LogP contribution in [0.5, 0.6) is 0 Å². The second-order valence-electron chi connectivity index (χ2n) is 4.12. The van der Waals surface area contributed by atoms with E-state index in [4.69, 9.17) is 8.23 Å². The molecular formula is C8H20O4Si3. The highest BCUT2D eigenvalue weighted by molar-refractivity contribution is 6.87. The summed E-state index contributed by atoms with van der Waals surface area (Å²) in [5.41, 5.74) is 2.85. The molecule has 2 unspecified atom stereocenters. The Hall–Kier alpha value is -0.0294. The molecule has 0 radical (unpaired) electrons. The topological polar surface area (TPSA) is 58.9 Å². The van der Waals surface area contributed by atoms with Crippen molar-refractivity contribution in [1.29, 1.82) is 0 Å². The van der Waals surface area contributed by atoms with Crippen LogP contribution >= 0.6 is 0 Å². The van der Waals surface area contributed by atoms with Crippen molar-refractivity contribution in [3.05, 3.63) is 24.6 Å². The zero-order chi connectivity index (χ0) is 12.3. The Labute approximate surface area is 94.6 Å². The van der Waals surface area contributed by atoms with Crippen LogP contribution < -0.4 is 0 Å². The van der Waals surface area contributed by atoms with Gasteiger partial charge in [-0.1, -0.05) is 11.4 Å². The molecule has 0 amide bonds. The van der Waals surface area contributed by atoms with Crippen LogP contribution in [0.4, 0.5) is 0 Å². The van der Waals surface area contributed by atoms with Crippen LogP contribution in [0.2, 0.25) is 26.2 Å². The van der Waals surface area contributed by atoms with Gasteiger partial charge in [-0.3, -0.25) is 0 Å². The Kier molecular flexibility index (Phi) is 4.86. The van der Waals surface area contributed by atoms with Crippen LogP contribution in [-0.2, 0) is 8.23 Å². The summed E-state index contributed by atoms with van der Waals surface area (Å²) in [5, 5.41) is 0. The van der Waals surface area contributed by atoms with Crippen molar-refractivity contribution < 1.29 is 17.8 Å². The molecule has 0 aliphatic heterocycles. The van der Waals surface area contributed by atoms with Crippen molar-refractivity contribution in [2.75, 3.05) is 0 Å². The van der Waals surface area contributed by atoms with E-state index in [0.29, 0.717) is 0 Å². The lowest BCUT2D eigenvalue weighted by molar-refractivity contribution is 0.300. The number of hydrogen-bond donors (Lipinski definition) is 2. The highest BCUT2D eigenvalue weighted by Crippen LogP contribution is 2.18. The van der Waals surface area contributed by atoms with E-state index < -0.39 is 25.7 Å². The molecule has 2 atom stereocenters. The fraction of sp³-hybridized carbons (Fsp3) is 0.500. The first-order valence-electron chi connectivity index (χ1n) is 4.66. The van der Waals surface area contributed by atoms with Crippen LogP contribution in [0.15, 0.2) is 24.6 Å². The van der Waals surface area contributed by atoms with Gasteiger partial charge in [-0.25, -0.2) is 0 Å². The molecule has 0 aromatic carbocycles. The average Bonchev–Trinajstić information content (AvgIpc) is 2.00. The first kappa shape index (κ1) is 15.0. The minimum atomic E-state index is -2.85. The first-order valence-corrected chi connectivity index (χ1v) is 12.3. The van der Waals surface area contributed by atoms with Gasteiger partial charge in [0.15, 0.2) is 0 Å². The van der Waals surface area contributed by atoms with Crippen molar-refractivity contribution >= 4 is 25.7 Å². The third-order valence-electron chi connectivity index (χ3n) is 1.66. The van der Waals surface area contributed by atoms with Gasteiger partial charge >= 0.3 is 25.7 Å². The molecule has 0 aliphatic carbocycles. The molecule has 0 fully saturated rings. The number of rotatable bonds is 6. The molecule has 7 heteroatoms. The summed E-state index contributed by atoms with van der Waals surface area (Å²) in [6.07, 6.45) is 0. The largest absolute Gasteiger partial charge is 0.412 e. The molecule has 88 valence electrons. The van der Waals surface area contributed by atoms with E-state index in [2.05, 4.69) is 13.2 Å². The summed E-state index contributed by atoms with van der Waals surface area (Å²) < 4.78 is 11.1. The fourth-order valence-electron chi connectivity index (χ4n) is 1.10. The van der Waals surface area contributed by atoms with Gasteiger partial charge < -0.3 is 17.8 Å². The van der Waals surface area contributed by atoms with Crippen LogP contribution in [-0.4, -0.2) is 35.3 Å². The Bertz CT molecular complexity index is 226. The lowest BCUT2D eigenvalue weighted by Gasteiger charge is -2.33. The predicted octanol–water partition coefficient (Wildman–Crippen LogP) is 1.30. The normalized spacial score (nSPS) is 20.1. The zero-order valence-corrected chi connectivity index (χ0v) is 12.8. The van der Waals surface area contributed by atoms with Crippen LogP contribution in [0.3, 0.4) is 0 Å². The first-order chi connectivity index (χ1) is 6.54. The summed E-state index contributed by atoms with van der Waals surface area (Å²) in [5.74, 6) is 0. The van der Waals surface area contributed by atoms with Gasteiger partial charge in [-0.05, 0) is 26.2 Å². The lowest BCUT2D eigenvalue weighted by atomic mass is 11.3. The SMILES string of the molecule is C=C[Si](C)(O)O[Si](C)(C)O[Si](C)(O)C=C. The molecule has 0 aliphatic rings. The van der Waals surface area contributed by atoms with Crippen molar-refractivity contribution in [2.45, 2.75) is 26.2 Å². The van der Waals surface area contributed by atoms with E-state index in [0.717, 1.165) is 0 Å². The maximum absolute atomic E-state index is 9.79. The van der Waals surface area contributed by atoms with Gasteiger partial charge in [0.2, 0.25) is 0 Å². The number of hydrogen-bond acceptors (Lipinski definition) is 4. The fourth-order valence-corrected chi connectivity index (χ4v) is 10.3. The van der Waals surface area contributed by atoms with E-state index >= 15 is 0 Å². The monoisotopic (exact) mass is 264 g/mol. The molecule has 15 heavy (non-hydrogen) atoms. The second-order valence-corrected chi connectivity index (χ2v) is 13.6. The van der Waals surface area contributed by atoms with Crippen molar-refractivity contribution in [1.82, 2.24) is 0 Å². The molecule has 0 saturated carbocycles. The molecule has 2 N–H and O–H groups in total. The summed E-state index contributed by atoms with van der Waals surface area (Å²) in [7, 11) is -8.23. The van der Waals surface area contributed by atoms with E-state index in [9.17, 15) is 9.59 Å². The lowest BCUT2D eigenvalue weighted by Crippen LogP contribution is -2.53. The van der Waals surface area contributed by atoms with E-state index in [1.54, 1.807) is 26.2 Å². The summed E-state index contributed by atoms with van der Waals surface area (Å²) in [6, 6.07) is 0. The van der Waals surface area contributed by atoms with Gasteiger partial charge in [0.25, 0.3) is 0 Å². The molecule has 0 aromatic heterocycles. The van der Waals surface area contributed by atoms with Crippen LogP contribution in [0.25, 0.3) is 0 Å². The maximum Gasteiger partial charge on any atom is 0.349 e. The van der Waals surface area contributed by atoms with Gasteiger partial charge in [0.05, 0.1) is 0 Å². The third-order valence-corrected chi connectivity index (χ3v) is 10.4. The van der Waals surface area contributed by atoms with E-state index in [-0.39, 0.29) is 0 Å². The summed E-state index contributed by atoms with van der Waals surface area (Å²) >= 11 is 0. The minimum Gasteiger partial charge on any atom is -0.412 e. The smallest absolute Gasteiger partial charge is 0.349 e. The Balaban J connectivity index is 4.56. The molecule has 0 rings (SSSR count). The Morgan fingerprint density at radius 1 is 0.867 bits per heavy atom. The van der Waals surface area contributed by atoms with Gasteiger partial charge in [0, 0.05) is 0 Å². The Morgan fingerprint density at radius 3 is 1.33 bits per heavy atom. The van der Waals surface area contributed by atoms with Crippen LogP contribution in [0.1, 0.15) is 0 Å². The molecule has 0 aromatic rings. The highest BCUT2D eigenvalue weighted by atomic mass is 28.5. The maximum atomic E-state index is 9.79. The van der Waals surface area contributed by atoms with Gasteiger partial charge in [0.1, 0.15) is 0 Å². The summed E-state index contributed by atoms with van der Waals surface area (Å²) in [6.45, 7) is 13.8. The minimum absolute atomic E-state index is 1.43. The van der Waals surface area contributed by atoms with Gasteiger partial charge in [-0.15, -0.1) is 13.2 Å². The summed E-state index contributed by atoms with van der Waals surface area (Å²) in [4.78, 5) is 19.6. The molecule has 0 bridgehead atoms. The average molecular weight is 265 g/mol. The molecular weight excluding hydrogens is 244 g/mol. The second kappa shape index (κ2) is 4.87. The van der Waals surface area contributed by atoms with E-state index in [1.807, 2.05) is 0 Å². The zero-order valence-electron chi connectivity index (χ0n) is 9.78. The molecule has 0 heterocycles. The van der Waals surface area contributed by atoms with E-state index in [1.165, 1.54) is 11.4 Å². The van der Waals surface area contributed by atoms with Crippen LogP contribution in [0, 0.1) is 0 Å². The Morgan fingerprint density at radius 2 is 1.13 bits per heavy atom. The van der Waals surface area contributed by atoms with Crippen molar-refractivity contribution in [2.24, 2.45) is 0 Å². The van der Waals surface area contributed by atoms with Crippen molar-refractivity contribution in [3.8, 4) is 0 Å². The molecule has 0 spiro atoms. The molecule has 4 nitrogen and oxygen atoms in total. The predicted molar refractivity (Wildman–Crippen MR) is 67.7 cm³/mol. The molecule has 0 saturated heterocycles.